The maximum absolute atomic E-state index is 9.41. The van der Waals surface area contributed by atoms with Gasteiger partial charge in [0.15, 0.2) is 0 Å². The lowest BCUT2D eigenvalue weighted by Crippen LogP contribution is -2.46. The summed E-state index contributed by atoms with van der Waals surface area (Å²) in [5.41, 5.74) is 0.412. The van der Waals surface area contributed by atoms with Gasteiger partial charge in [0, 0.05) is 12.6 Å². The van der Waals surface area contributed by atoms with Crippen molar-refractivity contribution >= 4 is 0 Å². The van der Waals surface area contributed by atoms with E-state index in [1.54, 1.807) is 0 Å². The average Bonchev–Trinajstić information content (AvgIpc) is 2.19. The first kappa shape index (κ1) is 12.9. The predicted molar refractivity (Wildman–Crippen MR) is 64.0 cm³/mol. The summed E-state index contributed by atoms with van der Waals surface area (Å²) in [6, 6.07) is 0.196. The van der Waals surface area contributed by atoms with Gasteiger partial charge in [-0.2, -0.15) is 0 Å². The molecule has 90 valence electrons. The Bertz CT molecular complexity index is 186. The molecule has 0 aromatic carbocycles. The molecule has 0 aliphatic carbocycles. The highest BCUT2D eigenvalue weighted by molar-refractivity contribution is 4.84. The minimum Gasteiger partial charge on any atom is -0.392 e. The minimum atomic E-state index is -0.264. The van der Waals surface area contributed by atoms with Crippen LogP contribution in [-0.4, -0.2) is 48.8 Å². The molecule has 1 fully saturated rings. The maximum Gasteiger partial charge on any atom is 0.0662 e. The molecule has 1 aliphatic rings. The quantitative estimate of drug-likeness (QED) is 0.735. The number of rotatable bonds is 4. The van der Waals surface area contributed by atoms with Crippen LogP contribution in [0.2, 0.25) is 0 Å². The molecule has 1 saturated heterocycles. The SMILES string of the molecule is CC(O)C(C)NCC1(C)CCN(C)CC1. The van der Waals surface area contributed by atoms with Gasteiger partial charge in [-0.3, -0.25) is 0 Å². The molecule has 0 saturated carbocycles. The number of aliphatic hydroxyl groups excluding tert-OH is 1. The van der Waals surface area contributed by atoms with E-state index < -0.39 is 0 Å². The summed E-state index contributed by atoms with van der Waals surface area (Å²) >= 11 is 0. The Morgan fingerprint density at radius 1 is 1.33 bits per heavy atom. The molecule has 3 nitrogen and oxygen atoms in total. The van der Waals surface area contributed by atoms with Crippen LogP contribution in [-0.2, 0) is 0 Å². The van der Waals surface area contributed by atoms with Crippen molar-refractivity contribution in [1.82, 2.24) is 10.2 Å². The highest BCUT2D eigenvalue weighted by atomic mass is 16.3. The molecular weight excluding hydrogens is 188 g/mol. The van der Waals surface area contributed by atoms with Crippen LogP contribution in [0.3, 0.4) is 0 Å². The van der Waals surface area contributed by atoms with Crippen molar-refractivity contribution < 1.29 is 5.11 Å². The summed E-state index contributed by atoms with van der Waals surface area (Å²) in [5, 5.41) is 12.8. The predicted octanol–water partition coefficient (Wildman–Crippen LogP) is 1.08. The molecule has 0 amide bonds. The molecule has 0 spiro atoms. The van der Waals surface area contributed by atoms with Gasteiger partial charge in [0.2, 0.25) is 0 Å². The van der Waals surface area contributed by atoms with Crippen molar-refractivity contribution in [2.45, 2.75) is 45.8 Å². The lowest BCUT2D eigenvalue weighted by molar-refractivity contribution is 0.111. The van der Waals surface area contributed by atoms with Gasteiger partial charge < -0.3 is 15.3 Å². The molecule has 1 rings (SSSR count). The summed E-state index contributed by atoms with van der Waals surface area (Å²) in [5.74, 6) is 0. The van der Waals surface area contributed by atoms with Gasteiger partial charge in [-0.05, 0) is 52.2 Å². The molecule has 2 atom stereocenters. The summed E-state index contributed by atoms with van der Waals surface area (Å²) in [6.07, 6.45) is 2.24. The first-order chi connectivity index (χ1) is 6.93. The van der Waals surface area contributed by atoms with E-state index in [-0.39, 0.29) is 12.1 Å². The zero-order valence-electron chi connectivity index (χ0n) is 10.6. The molecule has 15 heavy (non-hydrogen) atoms. The van der Waals surface area contributed by atoms with Crippen LogP contribution in [0.5, 0.6) is 0 Å². The van der Waals surface area contributed by atoms with E-state index in [9.17, 15) is 5.11 Å². The van der Waals surface area contributed by atoms with Gasteiger partial charge in [-0.15, -0.1) is 0 Å². The van der Waals surface area contributed by atoms with Gasteiger partial charge in [-0.25, -0.2) is 0 Å². The van der Waals surface area contributed by atoms with Crippen molar-refractivity contribution in [3.05, 3.63) is 0 Å². The van der Waals surface area contributed by atoms with E-state index in [2.05, 4.69) is 24.2 Å². The molecule has 2 N–H and O–H groups in total. The number of hydrogen-bond donors (Lipinski definition) is 2. The fraction of sp³-hybridized carbons (Fsp3) is 1.00. The maximum atomic E-state index is 9.41. The summed E-state index contributed by atoms with van der Waals surface area (Å²) in [7, 11) is 2.19. The summed E-state index contributed by atoms with van der Waals surface area (Å²) < 4.78 is 0. The molecule has 0 radical (unpaired) electrons. The number of piperidine rings is 1. The van der Waals surface area contributed by atoms with E-state index in [1.165, 1.54) is 25.9 Å². The number of nitrogens with zero attached hydrogens (tertiary/aromatic N) is 1. The smallest absolute Gasteiger partial charge is 0.0662 e. The van der Waals surface area contributed by atoms with Crippen molar-refractivity contribution in [1.29, 1.82) is 0 Å². The van der Waals surface area contributed by atoms with Crippen LogP contribution >= 0.6 is 0 Å². The van der Waals surface area contributed by atoms with E-state index in [4.69, 9.17) is 0 Å². The Morgan fingerprint density at radius 3 is 2.33 bits per heavy atom. The minimum absolute atomic E-state index is 0.196. The Morgan fingerprint density at radius 2 is 1.87 bits per heavy atom. The van der Waals surface area contributed by atoms with E-state index in [0.29, 0.717) is 5.41 Å². The molecule has 0 bridgehead atoms. The first-order valence-electron chi connectivity index (χ1n) is 6.03. The standard InChI is InChI=1S/C12H26N2O/c1-10(11(2)15)13-9-12(3)5-7-14(4)8-6-12/h10-11,13,15H,5-9H2,1-4H3. The average molecular weight is 214 g/mol. The van der Waals surface area contributed by atoms with Crippen LogP contribution in [0.15, 0.2) is 0 Å². The second kappa shape index (κ2) is 5.28. The monoisotopic (exact) mass is 214 g/mol. The van der Waals surface area contributed by atoms with E-state index >= 15 is 0 Å². The summed E-state index contributed by atoms with van der Waals surface area (Å²) in [6.45, 7) is 9.65. The normalized spacial score (nSPS) is 26.2. The molecule has 2 unspecified atom stereocenters. The van der Waals surface area contributed by atoms with Crippen LogP contribution in [0.1, 0.15) is 33.6 Å². The van der Waals surface area contributed by atoms with Crippen molar-refractivity contribution in [3.8, 4) is 0 Å². The van der Waals surface area contributed by atoms with Crippen molar-refractivity contribution in [3.63, 3.8) is 0 Å². The first-order valence-corrected chi connectivity index (χ1v) is 6.03. The van der Waals surface area contributed by atoms with Gasteiger partial charge in [0.25, 0.3) is 0 Å². The highest BCUT2D eigenvalue weighted by Gasteiger charge is 2.29. The van der Waals surface area contributed by atoms with Crippen molar-refractivity contribution in [2.24, 2.45) is 5.41 Å². The third-order valence-corrected chi connectivity index (χ3v) is 3.77. The van der Waals surface area contributed by atoms with Gasteiger partial charge in [0.1, 0.15) is 0 Å². The molecule has 1 heterocycles. The Kier molecular flexibility index (Phi) is 4.56. The van der Waals surface area contributed by atoms with Gasteiger partial charge in [-0.1, -0.05) is 6.92 Å². The lowest BCUT2D eigenvalue weighted by atomic mass is 9.80. The number of nitrogens with one attached hydrogen (secondary N) is 1. The molecular formula is C12H26N2O. The Hall–Kier alpha value is -0.120. The second-order valence-electron chi connectivity index (χ2n) is 5.52. The fourth-order valence-electron chi connectivity index (χ4n) is 1.91. The molecule has 3 heteroatoms. The molecule has 1 aliphatic heterocycles. The lowest BCUT2D eigenvalue weighted by Gasteiger charge is -2.39. The van der Waals surface area contributed by atoms with Crippen LogP contribution in [0, 0.1) is 5.41 Å². The zero-order valence-corrected chi connectivity index (χ0v) is 10.6. The van der Waals surface area contributed by atoms with E-state index in [0.717, 1.165) is 6.54 Å². The Labute approximate surface area is 93.9 Å². The van der Waals surface area contributed by atoms with Gasteiger partial charge >= 0.3 is 0 Å². The third-order valence-electron chi connectivity index (χ3n) is 3.77. The van der Waals surface area contributed by atoms with Gasteiger partial charge in [0.05, 0.1) is 6.10 Å². The molecule has 0 aromatic rings. The highest BCUT2D eigenvalue weighted by Crippen LogP contribution is 2.29. The summed E-state index contributed by atoms with van der Waals surface area (Å²) in [4.78, 5) is 2.39. The third kappa shape index (κ3) is 4.09. The number of hydrogen-bond acceptors (Lipinski definition) is 3. The van der Waals surface area contributed by atoms with Crippen LogP contribution in [0.25, 0.3) is 0 Å². The fourth-order valence-corrected chi connectivity index (χ4v) is 1.91. The zero-order chi connectivity index (χ0) is 11.5. The van der Waals surface area contributed by atoms with Crippen LogP contribution in [0.4, 0.5) is 0 Å². The Balaban J connectivity index is 2.31. The van der Waals surface area contributed by atoms with Crippen LogP contribution < -0.4 is 5.32 Å². The second-order valence-corrected chi connectivity index (χ2v) is 5.52. The number of likely N-dealkylation sites (tertiary alicyclic amines) is 1. The largest absolute Gasteiger partial charge is 0.392 e. The topological polar surface area (TPSA) is 35.5 Å². The van der Waals surface area contributed by atoms with E-state index in [1.807, 2.05) is 13.8 Å². The van der Waals surface area contributed by atoms with Crippen molar-refractivity contribution in [2.75, 3.05) is 26.7 Å². The molecule has 0 aromatic heterocycles. The number of aliphatic hydroxyl groups is 1.